The summed E-state index contributed by atoms with van der Waals surface area (Å²) in [6.45, 7) is 0. The predicted octanol–water partition coefficient (Wildman–Crippen LogP) is 6.35. The van der Waals surface area contributed by atoms with Gasteiger partial charge in [-0.15, -0.1) is 0 Å². The first-order chi connectivity index (χ1) is 17.0. The number of halogens is 1. The van der Waals surface area contributed by atoms with Crippen LogP contribution in [-0.4, -0.2) is 25.8 Å². The van der Waals surface area contributed by atoms with Gasteiger partial charge in [0.2, 0.25) is 0 Å². The van der Waals surface area contributed by atoms with Crippen LogP contribution in [0.25, 0.3) is 38.6 Å². The van der Waals surface area contributed by atoms with E-state index in [1.807, 2.05) is 12.1 Å². The van der Waals surface area contributed by atoms with Crippen molar-refractivity contribution >= 4 is 27.8 Å². The van der Waals surface area contributed by atoms with Crippen molar-refractivity contribution < 1.29 is 14.3 Å². The Hall–Kier alpha value is -4.44. The number of nitrogens with zero attached hydrogens (tertiary/aromatic N) is 3. The Balaban J connectivity index is 1.76. The molecule has 0 bridgehead atoms. The number of benzene rings is 3. The summed E-state index contributed by atoms with van der Waals surface area (Å²) in [5.41, 5.74) is 5.33. The van der Waals surface area contributed by atoms with Crippen LogP contribution in [0, 0.1) is 17.1 Å². The average molecular weight is 465 g/mol. The highest BCUT2D eigenvalue weighted by Crippen LogP contribution is 2.53. The van der Waals surface area contributed by atoms with Crippen LogP contribution in [0.1, 0.15) is 41.7 Å². The van der Waals surface area contributed by atoms with Crippen molar-refractivity contribution in [2.75, 3.05) is 0 Å². The van der Waals surface area contributed by atoms with Crippen LogP contribution in [0.3, 0.4) is 0 Å². The second kappa shape index (κ2) is 7.81. The third-order valence-corrected chi connectivity index (χ3v) is 7.26. The standard InChI is InChI=1S/C28H21FN4O2/c29-20-6-8-21(9-7-20)33-24-14-19-16-31-32-23(19)15-22(24)25(17-2-4-18(5-3-17)27(34)35)26(33)28(12-13-30)10-1-11-28/h2-9,14-16H,1,10-12H2,(H,31,32)(H,34,35). The zero-order chi connectivity index (χ0) is 24.2. The molecule has 35 heavy (non-hydrogen) atoms. The van der Waals surface area contributed by atoms with Gasteiger partial charge in [0.25, 0.3) is 0 Å². The van der Waals surface area contributed by atoms with Crippen molar-refractivity contribution in [3.05, 3.63) is 83.9 Å². The van der Waals surface area contributed by atoms with Gasteiger partial charge >= 0.3 is 5.97 Å². The highest BCUT2D eigenvalue weighted by Gasteiger charge is 2.44. The third kappa shape index (κ3) is 3.22. The quantitative estimate of drug-likeness (QED) is 0.317. The van der Waals surface area contributed by atoms with Crippen LogP contribution in [0.5, 0.6) is 0 Å². The summed E-state index contributed by atoms with van der Waals surface area (Å²) in [5, 5.41) is 28.3. The molecule has 1 aliphatic rings. The van der Waals surface area contributed by atoms with E-state index < -0.39 is 5.97 Å². The zero-order valence-corrected chi connectivity index (χ0v) is 18.8. The molecule has 0 atom stereocenters. The van der Waals surface area contributed by atoms with Crippen molar-refractivity contribution in [1.82, 2.24) is 14.8 Å². The number of carboxylic acids is 1. The summed E-state index contributed by atoms with van der Waals surface area (Å²) in [6, 6.07) is 19.8. The van der Waals surface area contributed by atoms with Crippen molar-refractivity contribution in [3.63, 3.8) is 0 Å². The SMILES string of the molecule is N#CCC1(c2c(-c3ccc(C(=O)O)cc3)c3cc4[nH]ncc4cc3n2-c2ccc(F)cc2)CCC1. The molecule has 3 aromatic carbocycles. The van der Waals surface area contributed by atoms with E-state index in [-0.39, 0.29) is 16.8 Å². The lowest BCUT2D eigenvalue weighted by Crippen LogP contribution is -2.36. The monoisotopic (exact) mass is 464 g/mol. The summed E-state index contributed by atoms with van der Waals surface area (Å²) in [5.74, 6) is -1.30. The fraction of sp³-hybridized carbons (Fsp3) is 0.179. The number of nitrogens with one attached hydrogen (secondary N) is 1. The maximum atomic E-state index is 13.9. The maximum Gasteiger partial charge on any atom is 0.335 e. The molecule has 0 saturated heterocycles. The molecule has 0 spiro atoms. The van der Waals surface area contributed by atoms with Crippen molar-refractivity contribution in [3.8, 4) is 22.9 Å². The summed E-state index contributed by atoms with van der Waals surface area (Å²) in [6.07, 6.45) is 4.90. The van der Waals surface area contributed by atoms with Crippen LogP contribution in [-0.2, 0) is 5.41 Å². The number of fused-ring (bicyclic) bond motifs is 2. The van der Waals surface area contributed by atoms with Gasteiger partial charge in [-0.05, 0) is 66.9 Å². The van der Waals surface area contributed by atoms with Gasteiger partial charge in [-0.3, -0.25) is 5.10 Å². The summed E-state index contributed by atoms with van der Waals surface area (Å²) in [7, 11) is 0. The van der Waals surface area contributed by atoms with Crippen LogP contribution in [0.15, 0.2) is 66.9 Å². The molecule has 7 heteroatoms. The van der Waals surface area contributed by atoms with E-state index >= 15 is 0 Å². The van der Waals surface area contributed by atoms with Gasteiger partial charge < -0.3 is 9.67 Å². The molecule has 6 nitrogen and oxygen atoms in total. The van der Waals surface area contributed by atoms with E-state index in [0.29, 0.717) is 6.42 Å². The summed E-state index contributed by atoms with van der Waals surface area (Å²) in [4.78, 5) is 11.5. The molecule has 0 radical (unpaired) electrons. The number of nitriles is 1. The number of hydrogen-bond donors (Lipinski definition) is 2. The molecule has 1 fully saturated rings. The highest BCUT2D eigenvalue weighted by molar-refractivity contribution is 6.06. The molecule has 172 valence electrons. The van der Waals surface area contributed by atoms with Crippen LogP contribution >= 0.6 is 0 Å². The minimum atomic E-state index is -0.982. The molecular formula is C28H21FN4O2. The average Bonchev–Trinajstić information content (AvgIpc) is 3.42. The van der Waals surface area contributed by atoms with E-state index in [0.717, 1.165) is 63.6 Å². The maximum absolute atomic E-state index is 13.9. The topological polar surface area (TPSA) is 94.7 Å². The number of hydrogen-bond acceptors (Lipinski definition) is 3. The van der Waals surface area contributed by atoms with Gasteiger partial charge in [0, 0.05) is 39.6 Å². The lowest BCUT2D eigenvalue weighted by atomic mass is 9.63. The van der Waals surface area contributed by atoms with Gasteiger partial charge in [-0.1, -0.05) is 18.6 Å². The number of aromatic nitrogens is 3. The van der Waals surface area contributed by atoms with Gasteiger partial charge in [0.15, 0.2) is 0 Å². The number of carboxylic acid groups (broad SMARTS) is 1. The molecule has 5 aromatic rings. The first kappa shape index (κ1) is 21.1. The van der Waals surface area contributed by atoms with E-state index in [1.54, 1.807) is 30.5 Å². The Morgan fingerprint density at radius 2 is 1.89 bits per heavy atom. The first-order valence-electron chi connectivity index (χ1n) is 11.5. The molecule has 0 amide bonds. The second-order valence-electron chi connectivity index (χ2n) is 9.21. The Morgan fingerprint density at radius 1 is 1.14 bits per heavy atom. The fourth-order valence-corrected chi connectivity index (χ4v) is 5.41. The molecule has 0 aliphatic heterocycles. The second-order valence-corrected chi connectivity index (χ2v) is 9.21. The summed E-state index contributed by atoms with van der Waals surface area (Å²) < 4.78 is 16.0. The van der Waals surface area contributed by atoms with Crippen molar-refractivity contribution in [2.45, 2.75) is 31.1 Å². The number of aromatic amines is 1. The molecule has 1 saturated carbocycles. The van der Waals surface area contributed by atoms with Crippen molar-refractivity contribution in [1.29, 1.82) is 5.26 Å². The van der Waals surface area contributed by atoms with Crippen LogP contribution < -0.4 is 0 Å². The largest absolute Gasteiger partial charge is 0.478 e. The van der Waals surface area contributed by atoms with Gasteiger partial charge in [0.1, 0.15) is 5.82 Å². The molecule has 6 rings (SSSR count). The molecule has 2 heterocycles. The van der Waals surface area contributed by atoms with Gasteiger partial charge in [0.05, 0.1) is 28.9 Å². The number of rotatable bonds is 5. The lowest BCUT2D eigenvalue weighted by Gasteiger charge is -2.42. The zero-order valence-electron chi connectivity index (χ0n) is 18.8. The van der Waals surface area contributed by atoms with E-state index in [1.165, 1.54) is 12.1 Å². The van der Waals surface area contributed by atoms with Crippen LogP contribution in [0.2, 0.25) is 0 Å². The van der Waals surface area contributed by atoms with Gasteiger partial charge in [-0.2, -0.15) is 10.4 Å². The Labute approximate surface area is 200 Å². The smallest absolute Gasteiger partial charge is 0.335 e. The number of aromatic carboxylic acids is 1. The van der Waals surface area contributed by atoms with E-state index in [9.17, 15) is 19.6 Å². The van der Waals surface area contributed by atoms with Crippen molar-refractivity contribution in [2.24, 2.45) is 0 Å². The molecule has 0 unspecified atom stereocenters. The number of H-pyrrole nitrogens is 1. The minimum absolute atomic E-state index is 0.212. The number of carbonyl (C=O) groups is 1. The predicted molar refractivity (Wildman–Crippen MR) is 131 cm³/mol. The van der Waals surface area contributed by atoms with E-state index in [4.69, 9.17) is 0 Å². The Morgan fingerprint density at radius 3 is 2.51 bits per heavy atom. The molecule has 2 N–H and O–H groups in total. The fourth-order valence-electron chi connectivity index (χ4n) is 5.41. The first-order valence-corrected chi connectivity index (χ1v) is 11.5. The van der Waals surface area contributed by atoms with Gasteiger partial charge in [-0.25, -0.2) is 9.18 Å². The Bertz CT molecular complexity index is 1640. The molecule has 2 aromatic heterocycles. The van der Waals surface area contributed by atoms with E-state index in [2.05, 4.69) is 33.0 Å². The normalized spacial score (nSPS) is 14.6. The Kier molecular flexibility index (Phi) is 4.71. The lowest BCUT2D eigenvalue weighted by molar-refractivity contribution is 0.0697. The molecule has 1 aliphatic carbocycles. The minimum Gasteiger partial charge on any atom is -0.478 e. The summed E-state index contributed by atoms with van der Waals surface area (Å²) >= 11 is 0. The molecular weight excluding hydrogens is 443 g/mol. The third-order valence-electron chi connectivity index (χ3n) is 7.26. The highest BCUT2D eigenvalue weighted by atomic mass is 19.1. The van der Waals surface area contributed by atoms with Crippen LogP contribution in [0.4, 0.5) is 4.39 Å².